The average molecular weight is 255 g/mol. The molecule has 0 saturated carbocycles. The number of carbonyl (C=O) groups excluding carboxylic acids is 1. The molecule has 0 aliphatic rings. The third-order valence-corrected chi connectivity index (χ3v) is 2.35. The van der Waals surface area contributed by atoms with E-state index in [1.807, 2.05) is 6.92 Å². The van der Waals surface area contributed by atoms with Crippen LogP contribution in [-0.2, 0) is 6.54 Å². The Bertz CT molecular complexity index is 439. The van der Waals surface area contributed by atoms with Gasteiger partial charge in [0.15, 0.2) is 0 Å². The van der Waals surface area contributed by atoms with Crippen LogP contribution in [0.5, 0.6) is 0 Å². The minimum absolute atomic E-state index is 0.106. The fourth-order valence-corrected chi connectivity index (χ4v) is 1.54. The Labute approximate surface area is 105 Å². The van der Waals surface area contributed by atoms with Crippen molar-refractivity contribution in [3.05, 3.63) is 28.1 Å². The number of rotatable bonds is 6. The van der Waals surface area contributed by atoms with Gasteiger partial charge in [0.2, 0.25) is 0 Å². The minimum Gasteiger partial charge on any atom is -0.392 e. The number of aliphatic hydroxyl groups excluding tert-OH is 1. The van der Waals surface area contributed by atoms with E-state index < -0.39 is 16.9 Å². The summed E-state index contributed by atoms with van der Waals surface area (Å²) < 4.78 is 1.55. The molecule has 1 amide bonds. The van der Waals surface area contributed by atoms with Crippen LogP contribution in [0.2, 0.25) is 0 Å². The molecule has 7 nitrogen and oxygen atoms in total. The van der Waals surface area contributed by atoms with Gasteiger partial charge in [-0.05, 0) is 13.3 Å². The van der Waals surface area contributed by atoms with Crippen LogP contribution in [0.1, 0.15) is 30.8 Å². The highest BCUT2D eigenvalue weighted by atomic mass is 16.6. The molecule has 7 heteroatoms. The van der Waals surface area contributed by atoms with Crippen LogP contribution in [0.4, 0.5) is 5.69 Å². The summed E-state index contributed by atoms with van der Waals surface area (Å²) in [6.07, 6.45) is 1.46. The Morgan fingerprint density at radius 1 is 1.67 bits per heavy atom. The maximum atomic E-state index is 11.8. The van der Waals surface area contributed by atoms with Crippen molar-refractivity contribution in [3.63, 3.8) is 0 Å². The van der Waals surface area contributed by atoms with Crippen LogP contribution in [0.15, 0.2) is 12.3 Å². The summed E-state index contributed by atoms with van der Waals surface area (Å²) in [4.78, 5) is 22.0. The number of nitrogens with one attached hydrogen (secondary N) is 1. The number of aryl methyl sites for hydroxylation is 1. The van der Waals surface area contributed by atoms with E-state index in [9.17, 15) is 14.9 Å². The Morgan fingerprint density at radius 2 is 2.33 bits per heavy atom. The number of amides is 1. The highest BCUT2D eigenvalue weighted by molar-refractivity contribution is 5.93. The maximum Gasteiger partial charge on any atom is 0.287 e. The average Bonchev–Trinajstić information content (AvgIpc) is 2.70. The summed E-state index contributed by atoms with van der Waals surface area (Å²) in [5.74, 6) is -0.419. The van der Waals surface area contributed by atoms with Crippen molar-refractivity contribution in [1.29, 1.82) is 0 Å². The summed E-state index contributed by atoms with van der Waals surface area (Å²) in [7, 11) is 0. The fourth-order valence-electron chi connectivity index (χ4n) is 1.54. The first-order chi connectivity index (χ1) is 8.45. The van der Waals surface area contributed by atoms with Gasteiger partial charge in [-0.15, -0.1) is 0 Å². The Kier molecular flexibility index (Phi) is 4.85. The normalized spacial score (nSPS) is 12.2. The number of carbonyl (C=O) groups is 1. The second-order valence-corrected chi connectivity index (χ2v) is 4.09. The second kappa shape index (κ2) is 6.15. The molecule has 0 spiro atoms. The molecule has 0 fully saturated rings. The molecular formula is C11H17N3O4. The summed E-state index contributed by atoms with van der Waals surface area (Å²) in [6.45, 7) is 4.12. The fraction of sp³-hybridized carbons (Fsp3) is 0.545. The van der Waals surface area contributed by atoms with Crippen LogP contribution in [0, 0.1) is 10.1 Å². The summed E-state index contributed by atoms with van der Waals surface area (Å²) in [6, 6.07) is 1.24. The molecule has 18 heavy (non-hydrogen) atoms. The predicted molar refractivity (Wildman–Crippen MR) is 65.4 cm³/mol. The lowest BCUT2D eigenvalue weighted by molar-refractivity contribution is -0.384. The number of nitro groups is 1. The van der Waals surface area contributed by atoms with Gasteiger partial charge in [0.25, 0.3) is 11.6 Å². The summed E-state index contributed by atoms with van der Waals surface area (Å²) in [5, 5.41) is 22.3. The van der Waals surface area contributed by atoms with Crippen LogP contribution < -0.4 is 5.32 Å². The van der Waals surface area contributed by atoms with Crippen molar-refractivity contribution in [1.82, 2.24) is 9.88 Å². The van der Waals surface area contributed by atoms with E-state index in [1.54, 1.807) is 11.5 Å². The molecule has 0 bridgehead atoms. The first kappa shape index (κ1) is 14.2. The molecule has 2 N–H and O–H groups in total. The molecule has 100 valence electrons. The smallest absolute Gasteiger partial charge is 0.287 e. The molecule has 1 rings (SSSR count). The van der Waals surface area contributed by atoms with Crippen LogP contribution >= 0.6 is 0 Å². The molecule has 1 aromatic rings. The summed E-state index contributed by atoms with van der Waals surface area (Å²) >= 11 is 0. The highest BCUT2D eigenvalue weighted by Gasteiger charge is 2.18. The van der Waals surface area contributed by atoms with Crippen LogP contribution in [0.25, 0.3) is 0 Å². The van der Waals surface area contributed by atoms with E-state index in [0.29, 0.717) is 6.54 Å². The molecule has 0 radical (unpaired) electrons. The minimum atomic E-state index is -0.654. The first-order valence-corrected chi connectivity index (χ1v) is 5.76. The number of nitrogens with zero attached hydrogens (tertiary/aromatic N) is 2. The number of hydrogen-bond donors (Lipinski definition) is 2. The van der Waals surface area contributed by atoms with Crippen LogP contribution in [-0.4, -0.2) is 33.2 Å². The zero-order valence-corrected chi connectivity index (χ0v) is 10.4. The molecule has 0 aliphatic heterocycles. The van der Waals surface area contributed by atoms with E-state index in [1.165, 1.54) is 12.3 Å². The molecule has 1 heterocycles. The van der Waals surface area contributed by atoms with E-state index in [2.05, 4.69) is 5.32 Å². The third-order valence-electron chi connectivity index (χ3n) is 2.35. The van der Waals surface area contributed by atoms with Gasteiger partial charge in [-0.2, -0.15) is 0 Å². The van der Waals surface area contributed by atoms with Gasteiger partial charge in [0.1, 0.15) is 5.69 Å². The van der Waals surface area contributed by atoms with Crippen molar-refractivity contribution in [2.75, 3.05) is 6.54 Å². The van der Waals surface area contributed by atoms with E-state index in [4.69, 9.17) is 5.11 Å². The second-order valence-electron chi connectivity index (χ2n) is 4.09. The summed E-state index contributed by atoms with van der Waals surface area (Å²) in [5.41, 5.74) is 0.134. The van der Waals surface area contributed by atoms with Gasteiger partial charge in [-0.25, -0.2) is 0 Å². The molecule has 0 unspecified atom stereocenters. The van der Waals surface area contributed by atoms with Crippen molar-refractivity contribution in [2.24, 2.45) is 0 Å². The van der Waals surface area contributed by atoms with Crippen molar-refractivity contribution >= 4 is 11.6 Å². The molecule has 0 aliphatic carbocycles. The van der Waals surface area contributed by atoms with Gasteiger partial charge in [0, 0.05) is 19.2 Å². The van der Waals surface area contributed by atoms with E-state index in [-0.39, 0.29) is 17.9 Å². The van der Waals surface area contributed by atoms with Gasteiger partial charge >= 0.3 is 0 Å². The SMILES string of the molecule is CCCn1cc([N+](=O)[O-])cc1C(=O)NC[C@H](C)O. The topological polar surface area (TPSA) is 97.4 Å². The van der Waals surface area contributed by atoms with Gasteiger partial charge in [0.05, 0.1) is 17.2 Å². The van der Waals surface area contributed by atoms with Crippen molar-refractivity contribution in [3.8, 4) is 0 Å². The monoisotopic (exact) mass is 255 g/mol. The maximum absolute atomic E-state index is 11.8. The van der Waals surface area contributed by atoms with E-state index >= 15 is 0 Å². The molecule has 1 aromatic heterocycles. The zero-order chi connectivity index (χ0) is 13.7. The lowest BCUT2D eigenvalue weighted by atomic mass is 10.3. The van der Waals surface area contributed by atoms with Gasteiger partial charge < -0.3 is 15.0 Å². The molecule has 0 aromatic carbocycles. The predicted octanol–water partition coefficient (Wildman–Crippen LogP) is 0.917. The van der Waals surface area contributed by atoms with Gasteiger partial charge in [-0.3, -0.25) is 14.9 Å². The standard InChI is InChI=1S/C11H17N3O4/c1-3-4-13-7-9(14(17)18)5-10(13)11(16)12-6-8(2)15/h5,7-8,15H,3-4,6H2,1-2H3,(H,12,16)/t8-/m0/s1. The molecular weight excluding hydrogens is 238 g/mol. The first-order valence-electron chi connectivity index (χ1n) is 5.76. The van der Waals surface area contributed by atoms with Gasteiger partial charge in [-0.1, -0.05) is 6.92 Å². The number of aromatic nitrogens is 1. The lowest BCUT2D eigenvalue weighted by Crippen LogP contribution is -2.31. The van der Waals surface area contributed by atoms with E-state index in [0.717, 1.165) is 6.42 Å². The van der Waals surface area contributed by atoms with Crippen molar-refractivity contribution < 1.29 is 14.8 Å². The highest BCUT2D eigenvalue weighted by Crippen LogP contribution is 2.16. The number of aliphatic hydroxyl groups is 1. The Balaban J connectivity index is 2.90. The quantitative estimate of drug-likeness (QED) is 0.583. The third kappa shape index (κ3) is 3.56. The number of hydrogen-bond acceptors (Lipinski definition) is 4. The molecule has 1 atom stereocenters. The molecule has 0 saturated heterocycles. The lowest BCUT2D eigenvalue weighted by Gasteiger charge is -2.09. The zero-order valence-electron chi connectivity index (χ0n) is 10.4. The van der Waals surface area contributed by atoms with Crippen LogP contribution in [0.3, 0.4) is 0 Å². The Morgan fingerprint density at radius 3 is 2.83 bits per heavy atom. The Hall–Kier alpha value is -1.89. The van der Waals surface area contributed by atoms with Crippen molar-refractivity contribution in [2.45, 2.75) is 32.9 Å². The largest absolute Gasteiger partial charge is 0.392 e.